The zero-order valence-corrected chi connectivity index (χ0v) is 21.2. The molecule has 0 unspecified atom stereocenters. The van der Waals surface area contributed by atoms with Crippen molar-refractivity contribution in [3.8, 4) is 0 Å². The average Bonchev–Trinajstić information content (AvgIpc) is 3.05. The second-order valence-electron chi connectivity index (χ2n) is 8.67. The van der Waals surface area contributed by atoms with Crippen molar-refractivity contribution in [3.63, 3.8) is 0 Å². The first-order valence-electron chi connectivity index (χ1n) is 11.3. The van der Waals surface area contributed by atoms with Crippen molar-refractivity contribution in [1.29, 1.82) is 0 Å². The number of ether oxygens (including phenoxy) is 1. The molecule has 0 amide bonds. The van der Waals surface area contributed by atoms with E-state index < -0.39 is 5.97 Å². The van der Waals surface area contributed by atoms with Crippen LogP contribution in [0.5, 0.6) is 0 Å². The molecular weight excluding hydrogens is 489 g/mol. The number of unbranched alkanes of at least 4 members (excludes halogenated alkanes) is 1. The van der Waals surface area contributed by atoms with Crippen LogP contribution in [0.2, 0.25) is 10.0 Å². The molecule has 0 aliphatic carbocycles. The number of carboxylic acids is 1. The van der Waals surface area contributed by atoms with Crippen molar-refractivity contribution in [2.45, 2.75) is 45.6 Å². The van der Waals surface area contributed by atoms with Crippen LogP contribution >= 0.6 is 23.2 Å². The zero-order chi connectivity index (χ0) is 25.5. The summed E-state index contributed by atoms with van der Waals surface area (Å²) in [5, 5.41) is 10.8. The molecule has 0 bridgehead atoms. The third-order valence-electron chi connectivity index (χ3n) is 5.74. The number of carbonyl (C=O) groups excluding carboxylic acids is 1. The molecule has 1 atom stereocenters. The van der Waals surface area contributed by atoms with E-state index in [1.165, 1.54) is 6.20 Å². The van der Waals surface area contributed by atoms with E-state index in [0.29, 0.717) is 52.0 Å². The molecule has 0 aliphatic heterocycles. The molecule has 0 radical (unpaired) electrons. The zero-order valence-electron chi connectivity index (χ0n) is 19.7. The predicted octanol–water partition coefficient (Wildman–Crippen LogP) is 6.65. The monoisotopic (exact) mass is 515 g/mol. The Kier molecular flexibility index (Phi) is 9.27. The van der Waals surface area contributed by atoms with E-state index >= 15 is 0 Å². The number of fused-ring (bicyclic) bond motifs is 1. The van der Waals surface area contributed by atoms with E-state index in [1.54, 1.807) is 19.1 Å². The second kappa shape index (κ2) is 12.2. The fourth-order valence-corrected chi connectivity index (χ4v) is 4.75. The van der Waals surface area contributed by atoms with E-state index in [1.807, 2.05) is 23.7 Å². The van der Waals surface area contributed by atoms with Gasteiger partial charge in [-0.2, -0.15) is 0 Å². The molecule has 0 spiro atoms. The molecule has 184 valence electrons. The number of Topliss-reactive ketones (excluding diaryl/α,β-unsaturated/α-hetero) is 1. The summed E-state index contributed by atoms with van der Waals surface area (Å²) in [5.74, 6) is -1.36. The van der Waals surface area contributed by atoms with E-state index in [9.17, 15) is 9.59 Å². The minimum Gasteiger partial charge on any atom is -0.481 e. The molecular formula is C26H27Cl2N3O4. The fraction of sp³-hybridized carbons (Fsp3) is 0.385. The van der Waals surface area contributed by atoms with E-state index in [-0.39, 0.29) is 24.5 Å². The highest BCUT2D eigenvalue weighted by Crippen LogP contribution is 2.30. The number of aliphatic carboxylic acids is 1. The van der Waals surface area contributed by atoms with Gasteiger partial charge in [0.05, 0.1) is 13.2 Å². The fourth-order valence-electron chi connectivity index (χ4n) is 4.18. The van der Waals surface area contributed by atoms with Crippen LogP contribution in [-0.2, 0) is 29.6 Å². The van der Waals surface area contributed by atoms with Gasteiger partial charge in [0.1, 0.15) is 5.65 Å². The van der Waals surface area contributed by atoms with Gasteiger partial charge in [-0.05, 0) is 55.0 Å². The summed E-state index contributed by atoms with van der Waals surface area (Å²) >= 11 is 12.0. The van der Waals surface area contributed by atoms with Gasteiger partial charge in [-0.25, -0.2) is 9.83 Å². The quantitative estimate of drug-likeness (QED) is 0.165. The van der Waals surface area contributed by atoms with Crippen molar-refractivity contribution in [2.75, 3.05) is 6.61 Å². The molecule has 0 saturated heterocycles. The Hall–Kier alpha value is -2.92. The van der Waals surface area contributed by atoms with Gasteiger partial charge >= 0.3 is 5.97 Å². The number of aryl methyl sites for hydroxylation is 1. The Balaban J connectivity index is 1.71. The highest BCUT2D eigenvalue weighted by molar-refractivity contribution is 6.34. The summed E-state index contributed by atoms with van der Waals surface area (Å²) in [7, 11) is 1.86. The van der Waals surface area contributed by atoms with Crippen molar-refractivity contribution >= 4 is 51.7 Å². The van der Waals surface area contributed by atoms with Crippen LogP contribution in [0, 0.1) is 12.5 Å². The number of carbonyl (C=O) groups is 2. The molecule has 9 heteroatoms. The largest absolute Gasteiger partial charge is 0.481 e. The first-order chi connectivity index (χ1) is 16.7. The van der Waals surface area contributed by atoms with Crippen LogP contribution < -0.4 is 0 Å². The van der Waals surface area contributed by atoms with Gasteiger partial charge in [0.15, 0.2) is 5.78 Å². The Bertz CT molecular complexity index is 1260. The molecule has 0 fully saturated rings. The molecule has 1 N–H and O–H groups in total. The van der Waals surface area contributed by atoms with Gasteiger partial charge in [-0.3, -0.25) is 9.59 Å². The molecule has 7 nitrogen and oxygen atoms in total. The molecule has 0 aliphatic rings. The molecule has 2 heterocycles. The molecule has 2 aromatic heterocycles. The lowest BCUT2D eigenvalue weighted by molar-refractivity contribution is -0.137. The van der Waals surface area contributed by atoms with Crippen LogP contribution in [0.3, 0.4) is 0 Å². The highest BCUT2D eigenvalue weighted by atomic mass is 35.5. The summed E-state index contributed by atoms with van der Waals surface area (Å²) in [6.45, 7) is 10.0. The Labute approximate surface area is 214 Å². The first kappa shape index (κ1) is 26.7. The topological polar surface area (TPSA) is 85.8 Å². The summed E-state index contributed by atoms with van der Waals surface area (Å²) in [5.41, 5.74) is 3.27. The number of hydrogen-bond acceptors (Lipinski definition) is 4. The average molecular weight is 516 g/mol. The Morgan fingerprint density at radius 1 is 1.17 bits per heavy atom. The molecule has 3 rings (SSSR count). The minimum absolute atomic E-state index is 0.0768. The third kappa shape index (κ3) is 7.04. The molecule has 1 aromatic carbocycles. The minimum atomic E-state index is -0.930. The van der Waals surface area contributed by atoms with Gasteiger partial charge in [0.25, 0.3) is 0 Å². The van der Waals surface area contributed by atoms with Crippen molar-refractivity contribution in [1.82, 2.24) is 9.55 Å². The smallest absolute Gasteiger partial charge is 0.303 e. The summed E-state index contributed by atoms with van der Waals surface area (Å²) < 4.78 is 7.66. The van der Waals surface area contributed by atoms with E-state index in [4.69, 9.17) is 39.6 Å². The second-order valence-corrected chi connectivity index (χ2v) is 9.55. The van der Waals surface area contributed by atoms with Crippen LogP contribution in [0.25, 0.3) is 15.9 Å². The summed E-state index contributed by atoms with van der Waals surface area (Å²) in [6.07, 6.45) is 3.72. The molecule has 0 saturated carbocycles. The lowest BCUT2D eigenvalue weighted by atomic mass is 9.94. The normalized spacial score (nSPS) is 12.0. The van der Waals surface area contributed by atoms with Gasteiger partial charge in [0, 0.05) is 59.4 Å². The number of aromatic nitrogens is 2. The van der Waals surface area contributed by atoms with Gasteiger partial charge in [0.2, 0.25) is 5.69 Å². The maximum atomic E-state index is 13.3. The van der Waals surface area contributed by atoms with Crippen molar-refractivity contribution < 1.29 is 19.4 Å². The first-order valence-corrected chi connectivity index (χ1v) is 12.1. The maximum Gasteiger partial charge on any atom is 0.303 e. The number of hydrogen-bond donors (Lipinski definition) is 1. The number of benzene rings is 1. The summed E-state index contributed by atoms with van der Waals surface area (Å²) in [4.78, 5) is 32.2. The van der Waals surface area contributed by atoms with Crippen molar-refractivity contribution in [2.24, 2.45) is 13.0 Å². The summed E-state index contributed by atoms with van der Waals surface area (Å²) in [6, 6.07) is 6.99. The lowest BCUT2D eigenvalue weighted by Crippen LogP contribution is -2.12. The maximum absolute atomic E-state index is 13.3. The van der Waals surface area contributed by atoms with E-state index in [0.717, 1.165) is 24.1 Å². The van der Waals surface area contributed by atoms with Gasteiger partial charge in [-0.1, -0.05) is 30.1 Å². The highest BCUT2D eigenvalue weighted by Gasteiger charge is 2.24. The van der Waals surface area contributed by atoms with Gasteiger partial charge < -0.3 is 14.4 Å². The number of ketones is 1. The molecule has 3 aromatic rings. The number of nitrogens with zero attached hydrogens (tertiary/aromatic N) is 3. The van der Waals surface area contributed by atoms with Crippen LogP contribution in [-0.4, -0.2) is 33.0 Å². The van der Waals surface area contributed by atoms with Gasteiger partial charge in [-0.15, -0.1) is 0 Å². The van der Waals surface area contributed by atoms with Crippen molar-refractivity contribution in [3.05, 3.63) is 68.7 Å². The van der Waals surface area contributed by atoms with E-state index in [2.05, 4.69) is 9.83 Å². The Morgan fingerprint density at radius 2 is 1.89 bits per heavy atom. The number of carboxylic acid groups (broad SMARTS) is 1. The lowest BCUT2D eigenvalue weighted by Gasteiger charge is -2.11. The van der Waals surface area contributed by atoms with Crippen LogP contribution in [0.1, 0.15) is 54.2 Å². The van der Waals surface area contributed by atoms with Crippen LogP contribution in [0.15, 0.2) is 30.5 Å². The number of pyridine rings is 1. The SMILES string of the molecule is [C-]#[N+]c1cnc2c(c1)c(C(=O)C[C@@H](C)CC(=O)O)c(CCCCOCc1cc(Cl)cc(Cl)c1)n2C. The molecule has 35 heavy (non-hydrogen) atoms. The standard InChI is InChI=1S/C26H27Cl2N3O4/c1-16(9-24(33)34)8-23(32)25-21-13-20(29-2)14-30-26(21)31(3)22(25)6-4-5-7-35-15-17-10-18(27)12-19(28)11-17/h10-14,16H,4-9,15H2,1,3H3,(H,33,34)/t16-/m1/s1. The third-order valence-corrected chi connectivity index (χ3v) is 6.18. The number of halogens is 2. The van der Waals surface area contributed by atoms with Crippen LogP contribution in [0.4, 0.5) is 5.69 Å². The number of rotatable bonds is 12. The Morgan fingerprint density at radius 3 is 2.54 bits per heavy atom. The predicted molar refractivity (Wildman–Crippen MR) is 136 cm³/mol.